The zero-order chi connectivity index (χ0) is 42.1. The van der Waals surface area contributed by atoms with Crippen LogP contribution in [-0.4, -0.2) is 87.4 Å². The second kappa shape index (κ2) is 40.3. The topological polar surface area (TPSA) is 108 Å². The maximum atomic E-state index is 12.7. The highest BCUT2D eigenvalue weighted by molar-refractivity contribution is 5.71. The summed E-state index contributed by atoms with van der Waals surface area (Å²) < 4.78 is 22.6. The zero-order valence-electron chi connectivity index (χ0n) is 37.5. The number of carboxylic acid groups (broad SMARTS) is 1. The highest BCUT2D eigenvalue weighted by Crippen LogP contribution is 2.14. The zero-order valence-corrected chi connectivity index (χ0v) is 37.5. The quantitative estimate of drug-likeness (QED) is 0.0214. The fourth-order valence-corrected chi connectivity index (χ4v) is 6.25. The van der Waals surface area contributed by atoms with Crippen molar-refractivity contribution in [1.29, 1.82) is 0 Å². The van der Waals surface area contributed by atoms with E-state index in [9.17, 15) is 19.5 Å². The Hall–Kier alpha value is -2.49. The maximum absolute atomic E-state index is 12.7. The van der Waals surface area contributed by atoms with Gasteiger partial charge in [0.15, 0.2) is 6.10 Å². The molecule has 0 aromatic carbocycles. The van der Waals surface area contributed by atoms with Gasteiger partial charge >= 0.3 is 17.9 Å². The summed E-state index contributed by atoms with van der Waals surface area (Å²) in [6.07, 6.45) is 42.3. The number of quaternary nitrogens is 1. The minimum absolute atomic E-state index is 0.182. The maximum Gasteiger partial charge on any atom is 0.361 e. The van der Waals surface area contributed by atoms with Gasteiger partial charge in [-0.3, -0.25) is 9.59 Å². The van der Waals surface area contributed by atoms with Crippen LogP contribution in [0.3, 0.4) is 0 Å². The lowest BCUT2D eigenvalue weighted by molar-refractivity contribution is -0.870. The van der Waals surface area contributed by atoms with Crippen LogP contribution in [0, 0.1) is 0 Å². The van der Waals surface area contributed by atoms with Gasteiger partial charge in [-0.15, -0.1) is 0 Å². The number of esters is 2. The molecule has 2 atom stereocenters. The molecule has 0 saturated carbocycles. The van der Waals surface area contributed by atoms with Crippen molar-refractivity contribution in [1.82, 2.24) is 0 Å². The molecule has 0 amide bonds. The summed E-state index contributed by atoms with van der Waals surface area (Å²) in [6, 6.07) is 0. The first-order valence-corrected chi connectivity index (χ1v) is 23.2. The second-order valence-electron chi connectivity index (χ2n) is 16.7. The van der Waals surface area contributed by atoms with Crippen LogP contribution in [0.25, 0.3) is 0 Å². The van der Waals surface area contributed by atoms with E-state index in [0.717, 1.165) is 57.8 Å². The van der Waals surface area contributed by atoms with Crippen LogP contribution in [0.15, 0.2) is 36.5 Å². The monoisotopic (exact) mass is 807 g/mol. The smallest absolute Gasteiger partial charge is 0.361 e. The Bertz CT molecular complexity index is 1030. The van der Waals surface area contributed by atoms with Gasteiger partial charge in [-0.05, 0) is 51.4 Å². The number of unbranched alkanes of at least 4 members (excludes halogenated alkanes) is 21. The summed E-state index contributed by atoms with van der Waals surface area (Å²) in [5.74, 6) is -2.02. The van der Waals surface area contributed by atoms with E-state index in [1.807, 2.05) is 21.1 Å². The molecule has 0 radical (unpaired) electrons. The number of hydrogen-bond donors (Lipinski definition) is 1. The molecule has 9 heteroatoms. The van der Waals surface area contributed by atoms with Gasteiger partial charge < -0.3 is 28.5 Å². The van der Waals surface area contributed by atoms with Gasteiger partial charge in [0, 0.05) is 12.8 Å². The number of allylic oxidation sites excluding steroid dienone is 6. The second-order valence-corrected chi connectivity index (χ2v) is 16.7. The van der Waals surface area contributed by atoms with Gasteiger partial charge in [-0.1, -0.05) is 166 Å². The molecule has 1 N–H and O–H groups in total. The molecule has 332 valence electrons. The Morgan fingerprint density at radius 3 is 1.40 bits per heavy atom. The molecule has 0 bridgehead atoms. The van der Waals surface area contributed by atoms with E-state index in [1.165, 1.54) is 109 Å². The highest BCUT2D eigenvalue weighted by atomic mass is 16.7. The van der Waals surface area contributed by atoms with Gasteiger partial charge in [0.1, 0.15) is 13.2 Å². The molecule has 9 nitrogen and oxygen atoms in total. The normalized spacial score (nSPS) is 13.2. The van der Waals surface area contributed by atoms with Crippen molar-refractivity contribution in [3.63, 3.8) is 0 Å². The number of carboxylic acids is 1. The Labute approximate surface area is 350 Å². The van der Waals surface area contributed by atoms with Gasteiger partial charge in [-0.2, -0.15) is 0 Å². The molecule has 0 rings (SSSR count). The highest BCUT2D eigenvalue weighted by Gasteiger charge is 2.25. The molecule has 0 aromatic heterocycles. The standard InChI is InChI=1S/C48H87NO8/c1-6-8-10-12-14-15-16-17-18-19-20-21-22-23-24-25-26-27-28-29-30-31-33-35-37-39-46(51)57-44(42-55-45(50)38-36-34-32-13-11-9-7-2)43-56-48(47(52)53)54-41-40-49(3,4)5/h16-17,19-20,22-23,44,48H,6-15,18,21,24-43H2,1-5H3/p+1/b17-16-,20-19-,23-22-. The number of aliphatic carboxylic acids is 1. The van der Waals surface area contributed by atoms with Crippen molar-refractivity contribution in [2.75, 3.05) is 47.5 Å². The van der Waals surface area contributed by atoms with E-state index in [-0.39, 0.29) is 32.2 Å². The molecule has 0 aliphatic carbocycles. The molecular weight excluding hydrogens is 719 g/mol. The number of ether oxygens (including phenoxy) is 4. The van der Waals surface area contributed by atoms with Crippen molar-refractivity contribution in [2.45, 2.75) is 206 Å². The van der Waals surface area contributed by atoms with Crippen molar-refractivity contribution in [2.24, 2.45) is 0 Å². The van der Waals surface area contributed by atoms with Crippen LogP contribution in [0.5, 0.6) is 0 Å². The molecule has 0 heterocycles. The van der Waals surface area contributed by atoms with Gasteiger partial charge in [0.05, 0.1) is 34.4 Å². The number of carbonyl (C=O) groups excluding carboxylic acids is 2. The van der Waals surface area contributed by atoms with Crippen molar-refractivity contribution < 1.29 is 42.9 Å². The first kappa shape index (κ1) is 54.5. The summed E-state index contributed by atoms with van der Waals surface area (Å²) in [5, 5.41) is 9.60. The van der Waals surface area contributed by atoms with Crippen molar-refractivity contribution in [3.05, 3.63) is 36.5 Å². The van der Waals surface area contributed by atoms with Crippen LogP contribution in [0.1, 0.15) is 194 Å². The molecule has 0 aliphatic rings. The van der Waals surface area contributed by atoms with E-state index in [2.05, 4.69) is 50.3 Å². The Morgan fingerprint density at radius 2 is 0.947 bits per heavy atom. The van der Waals surface area contributed by atoms with Gasteiger partial charge in [0.2, 0.25) is 0 Å². The SMILES string of the molecule is CCCCCCC/C=C\C/C=C\C/C=C\CCCCCCCCCCCCC(=O)OC(COC(=O)CCCCCCCCC)COC(OCC[N+](C)(C)C)C(=O)O. The average Bonchev–Trinajstić information content (AvgIpc) is 3.17. The molecular formula is C48H88NO8+. The van der Waals surface area contributed by atoms with E-state index in [0.29, 0.717) is 17.4 Å². The fourth-order valence-electron chi connectivity index (χ4n) is 6.25. The lowest BCUT2D eigenvalue weighted by Crippen LogP contribution is -2.40. The summed E-state index contributed by atoms with van der Waals surface area (Å²) in [4.78, 5) is 36.9. The molecule has 0 saturated heterocycles. The van der Waals surface area contributed by atoms with Crippen LogP contribution >= 0.6 is 0 Å². The minimum atomic E-state index is -1.51. The Kier molecular flexibility index (Phi) is 38.5. The number of rotatable bonds is 42. The third-order valence-electron chi connectivity index (χ3n) is 9.90. The number of likely N-dealkylation sites (N-methyl/N-ethyl adjacent to an activating group) is 1. The number of carbonyl (C=O) groups is 3. The van der Waals surface area contributed by atoms with Crippen molar-refractivity contribution in [3.8, 4) is 0 Å². The fraction of sp³-hybridized carbons (Fsp3) is 0.812. The number of hydrogen-bond acceptors (Lipinski definition) is 7. The van der Waals surface area contributed by atoms with E-state index < -0.39 is 24.3 Å². The predicted molar refractivity (Wildman–Crippen MR) is 235 cm³/mol. The molecule has 57 heavy (non-hydrogen) atoms. The Balaban J connectivity index is 4.22. The van der Waals surface area contributed by atoms with E-state index in [4.69, 9.17) is 18.9 Å². The molecule has 0 aromatic rings. The lowest BCUT2D eigenvalue weighted by atomic mass is 10.0. The van der Waals surface area contributed by atoms with Crippen LogP contribution in [-0.2, 0) is 33.3 Å². The molecule has 0 aliphatic heterocycles. The summed E-state index contributed by atoms with van der Waals surface area (Å²) >= 11 is 0. The predicted octanol–water partition coefficient (Wildman–Crippen LogP) is 12.2. The Morgan fingerprint density at radius 1 is 0.526 bits per heavy atom. The first-order chi connectivity index (χ1) is 27.6. The van der Waals surface area contributed by atoms with Crippen LogP contribution in [0.2, 0.25) is 0 Å². The van der Waals surface area contributed by atoms with E-state index in [1.54, 1.807) is 0 Å². The van der Waals surface area contributed by atoms with Crippen LogP contribution < -0.4 is 0 Å². The number of nitrogens with zero attached hydrogens (tertiary/aromatic N) is 1. The summed E-state index contributed by atoms with van der Waals surface area (Å²) in [5.41, 5.74) is 0. The summed E-state index contributed by atoms with van der Waals surface area (Å²) in [6.45, 7) is 4.80. The van der Waals surface area contributed by atoms with Crippen molar-refractivity contribution >= 4 is 17.9 Å². The van der Waals surface area contributed by atoms with E-state index >= 15 is 0 Å². The average molecular weight is 807 g/mol. The molecule has 0 spiro atoms. The minimum Gasteiger partial charge on any atom is -0.477 e. The van der Waals surface area contributed by atoms with Gasteiger partial charge in [-0.25, -0.2) is 4.79 Å². The largest absolute Gasteiger partial charge is 0.477 e. The molecule has 2 unspecified atom stereocenters. The summed E-state index contributed by atoms with van der Waals surface area (Å²) in [7, 11) is 5.95. The third kappa shape index (κ3) is 41.5. The lowest BCUT2D eigenvalue weighted by Gasteiger charge is -2.25. The van der Waals surface area contributed by atoms with Gasteiger partial charge in [0.25, 0.3) is 6.29 Å². The first-order valence-electron chi connectivity index (χ1n) is 23.2. The molecule has 0 fully saturated rings. The third-order valence-corrected chi connectivity index (χ3v) is 9.90. The van der Waals surface area contributed by atoms with Crippen LogP contribution in [0.4, 0.5) is 0 Å².